The van der Waals surface area contributed by atoms with E-state index in [1.54, 1.807) is 12.4 Å². The summed E-state index contributed by atoms with van der Waals surface area (Å²) in [4.78, 5) is 3.78. The van der Waals surface area contributed by atoms with Crippen molar-refractivity contribution in [2.24, 2.45) is 5.41 Å². The molecule has 0 radical (unpaired) electrons. The molecule has 0 amide bonds. The summed E-state index contributed by atoms with van der Waals surface area (Å²) in [5, 5.41) is 0. The van der Waals surface area contributed by atoms with Crippen LogP contribution in [0.2, 0.25) is 0 Å². The molecule has 0 N–H and O–H groups in total. The summed E-state index contributed by atoms with van der Waals surface area (Å²) in [5.74, 6) is 2.60. The summed E-state index contributed by atoms with van der Waals surface area (Å²) in [6, 6.07) is 5.72. The van der Waals surface area contributed by atoms with E-state index in [1.807, 2.05) is 39.0 Å². The summed E-state index contributed by atoms with van der Waals surface area (Å²) in [5.41, 5.74) is 0.0694. The van der Waals surface area contributed by atoms with Crippen LogP contribution in [0.3, 0.4) is 0 Å². The van der Waals surface area contributed by atoms with Gasteiger partial charge in [-0.25, -0.2) is 0 Å². The second-order valence-corrected chi connectivity index (χ2v) is 3.42. The van der Waals surface area contributed by atoms with Crippen LogP contribution in [0.4, 0.5) is 0 Å². The fourth-order valence-electron chi connectivity index (χ4n) is 0.313. The maximum Gasteiger partial charge on any atom is 0.0267 e. The van der Waals surface area contributed by atoms with Gasteiger partial charge < -0.3 is 0 Å². The minimum absolute atomic E-state index is 0.0694. The Balaban J connectivity index is 0.000000202. The van der Waals surface area contributed by atoms with Crippen LogP contribution in [-0.4, -0.2) is 4.98 Å². The number of nitrogens with zero attached hydrogens (tertiary/aromatic N) is 1. The lowest BCUT2D eigenvalue weighted by Gasteiger charge is -2.04. The van der Waals surface area contributed by atoms with Crippen LogP contribution >= 0.6 is 0 Å². The number of terminal acetylenes is 1. The second kappa shape index (κ2) is 5.37. The first-order valence-electron chi connectivity index (χ1n) is 3.89. The third kappa shape index (κ3) is 8.71. The van der Waals surface area contributed by atoms with E-state index < -0.39 is 0 Å². The number of rotatable bonds is 0. The molecule has 64 valence electrons. The van der Waals surface area contributed by atoms with Gasteiger partial charge in [0.05, 0.1) is 0 Å². The molecule has 0 aliphatic heterocycles. The molecule has 1 heteroatoms. The Bertz CT molecular complexity index is 199. The molecule has 0 atom stereocenters. The predicted molar refractivity (Wildman–Crippen MR) is 52.5 cm³/mol. The van der Waals surface area contributed by atoms with Crippen molar-refractivity contribution < 1.29 is 0 Å². The van der Waals surface area contributed by atoms with Gasteiger partial charge in [0, 0.05) is 17.8 Å². The highest BCUT2D eigenvalue weighted by atomic mass is 14.6. The lowest BCUT2D eigenvalue weighted by atomic mass is 9.99. The van der Waals surface area contributed by atoms with Gasteiger partial charge in [0.2, 0.25) is 0 Å². The highest BCUT2D eigenvalue weighted by Gasteiger charge is 2.00. The fourth-order valence-corrected chi connectivity index (χ4v) is 0.313. The van der Waals surface area contributed by atoms with Crippen LogP contribution in [0.5, 0.6) is 0 Å². The average Bonchev–Trinajstić information content (AvgIpc) is 2.07. The lowest BCUT2D eigenvalue weighted by molar-refractivity contribution is 0.571. The van der Waals surface area contributed by atoms with Gasteiger partial charge in [-0.05, 0) is 32.9 Å². The van der Waals surface area contributed by atoms with Crippen LogP contribution in [0.1, 0.15) is 20.8 Å². The summed E-state index contributed by atoms with van der Waals surface area (Å²) >= 11 is 0. The van der Waals surface area contributed by atoms with Gasteiger partial charge in [0.1, 0.15) is 0 Å². The van der Waals surface area contributed by atoms with Crippen molar-refractivity contribution in [3.8, 4) is 12.3 Å². The van der Waals surface area contributed by atoms with E-state index in [9.17, 15) is 0 Å². The Morgan fingerprint density at radius 3 is 1.58 bits per heavy atom. The van der Waals surface area contributed by atoms with E-state index in [0.29, 0.717) is 0 Å². The van der Waals surface area contributed by atoms with Crippen LogP contribution in [0.25, 0.3) is 0 Å². The Morgan fingerprint density at radius 1 is 1.08 bits per heavy atom. The summed E-state index contributed by atoms with van der Waals surface area (Å²) < 4.78 is 0. The zero-order valence-electron chi connectivity index (χ0n) is 7.91. The van der Waals surface area contributed by atoms with Gasteiger partial charge in [-0.1, -0.05) is 6.07 Å². The van der Waals surface area contributed by atoms with Gasteiger partial charge >= 0.3 is 0 Å². The monoisotopic (exact) mass is 161 g/mol. The zero-order valence-corrected chi connectivity index (χ0v) is 7.91. The molecule has 1 heterocycles. The molecule has 1 aromatic rings. The fraction of sp³-hybridized carbons (Fsp3) is 0.364. The first kappa shape index (κ1) is 10.7. The minimum atomic E-state index is 0.0694. The van der Waals surface area contributed by atoms with E-state index in [0.717, 1.165) is 0 Å². The predicted octanol–water partition coefficient (Wildman–Crippen LogP) is 2.75. The third-order valence-corrected chi connectivity index (χ3v) is 1.000. The van der Waals surface area contributed by atoms with Crippen molar-refractivity contribution in [3.63, 3.8) is 0 Å². The van der Waals surface area contributed by atoms with Crippen LogP contribution in [-0.2, 0) is 0 Å². The molecule has 0 bridgehead atoms. The van der Waals surface area contributed by atoms with Crippen LogP contribution < -0.4 is 0 Å². The Hall–Kier alpha value is -1.29. The maximum absolute atomic E-state index is 5.06. The lowest BCUT2D eigenvalue weighted by Crippen LogP contribution is -1.97. The standard InChI is InChI=1S/C6H10.C5H5N/c1-5-6(2,3)4;1-2-4-6-5-3-1/h1H,2-4H3;1-5H. The molecule has 1 nitrogen and oxygen atoms in total. The Morgan fingerprint density at radius 2 is 1.50 bits per heavy atom. The van der Waals surface area contributed by atoms with Gasteiger partial charge in [0.25, 0.3) is 0 Å². The van der Waals surface area contributed by atoms with Gasteiger partial charge in [-0.2, -0.15) is 0 Å². The van der Waals surface area contributed by atoms with Crippen molar-refractivity contribution >= 4 is 0 Å². The first-order chi connectivity index (χ1) is 5.56. The highest BCUT2D eigenvalue weighted by molar-refractivity contribution is 4.96. The van der Waals surface area contributed by atoms with Crippen molar-refractivity contribution in [2.45, 2.75) is 20.8 Å². The molecule has 0 spiro atoms. The van der Waals surface area contributed by atoms with Crippen molar-refractivity contribution in [2.75, 3.05) is 0 Å². The van der Waals surface area contributed by atoms with E-state index in [2.05, 4.69) is 10.9 Å². The SMILES string of the molecule is C#CC(C)(C)C.c1ccncc1. The van der Waals surface area contributed by atoms with Crippen molar-refractivity contribution in [1.29, 1.82) is 0 Å². The molecule has 1 rings (SSSR count). The molecule has 0 saturated carbocycles. The van der Waals surface area contributed by atoms with E-state index in [1.165, 1.54) is 0 Å². The largest absolute Gasteiger partial charge is 0.265 e. The Kier molecular flexibility index (Phi) is 4.79. The molecule has 0 unspecified atom stereocenters. The third-order valence-electron chi connectivity index (χ3n) is 1.000. The summed E-state index contributed by atoms with van der Waals surface area (Å²) in [6.45, 7) is 6.02. The second-order valence-electron chi connectivity index (χ2n) is 3.42. The molecular formula is C11H15N. The average molecular weight is 161 g/mol. The number of hydrogen-bond donors (Lipinski definition) is 0. The zero-order chi connectivity index (χ0) is 9.45. The molecule has 0 saturated heterocycles. The van der Waals surface area contributed by atoms with E-state index >= 15 is 0 Å². The van der Waals surface area contributed by atoms with Crippen LogP contribution in [0, 0.1) is 17.8 Å². The first-order valence-corrected chi connectivity index (χ1v) is 3.89. The molecule has 0 aliphatic rings. The molecular weight excluding hydrogens is 146 g/mol. The van der Waals surface area contributed by atoms with Gasteiger partial charge in [0.15, 0.2) is 0 Å². The number of hydrogen-bond acceptors (Lipinski definition) is 1. The van der Waals surface area contributed by atoms with Gasteiger partial charge in [-0.15, -0.1) is 12.3 Å². The molecule has 12 heavy (non-hydrogen) atoms. The molecule has 0 aromatic carbocycles. The molecule has 1 aromatic heterocycles. The molecule has 0 fully saturated rings. The number of aromatic nitrogens is 1. The quantitative estimate of drug-likeness (QED) is 0.533. The van der Waals surface area contributed by atoms with E-state index in [4.69, 9.17) is 6.42 Å². The maximum atomic E-state index is 5.06. The topological polar surface area (TPSA) is 12.9 Å². The van der Waals surface area contributed by atoms with E-state index in [-0.39, 0.29) is 5.41 Å². The minimum Gasteiger partial charge on any atom is -0.265 e. The van der Waals surface area contributed by atoms with Crippen molar-refractivity contribution in [3.05, 3.63) is 30.6 Å². The van der Waals surface area contributed by atoms with Gasteiger partial charge in [-0.3, -0.25) is 4.98 Å². The summed E-state index contributed by atoms with van der Waals surface area (Å²) in [7, 11) is 0. The Labute approximate surface area is 74.8 Å². The number of pyridine rings is 1. The normalized spacial score (nSPS) is 9.17. The van der Waals surface area contributed by atoms with Crippen LogP contribution in [0.15, 0.2) is 30.6 Å². The summed E-state index contributed by atoms with van der Waals surface area (Å²) in [6.07, 6.45) is 8.56. The highest BCUT2D eigenvalue weighted by Crippen LogP contribution is 2.08. The van der Waals surface area contributed by atoms with Crippen molar-refractivity contribution in [1.82, 2.24) is 4.98 Å². The smallest absolute Gasteiger partial charge is 0.0267 e. The molecule has 0 aliphatic carbocycles.